The number of nitrogens with zero attached hydrogens (tertiary/aromatic N) is 2. The van der Waals surface area contributed by atoms with Crippen molar-refractivity contribution in [2.45, 2.75) is 6.92 Å². The Morgan fingerprint density at radius 3 is 2.58 bits per heavy atom. The number of carbonyl (C=O) groups excluding carboxylic acids is 1. The standard InChI is InChI=1S/C19H17ClN2O3S/c1-3-25-15-7-5-14(6-8-15)22-18(24)16(21(2)19(22)26)11-12-10-13(20)4-9-17(12)23/h4-11,23H,3H2,1-2H3/b16-11-. The summed E-state index contributed by atoms with van der Waals surface area (Å²) in [7, 11) is 1.71. The van der Waals surface area contributed by atoms with Crippen LogP contribution in [0.1, 0.15) is 12.5 Å². The van der Waals surface area contributed by atoms with Crippen molar-refractivity contribution < 1.29 is 14.6 Å². The minimum atomic E-state index is -0.277. The summed E-state index contributed by atoms with van der Waals surface area (Å²) in [6.45, 7) is 2.48. The van der Waals surface area contributed by atoms with Crippen molar-refractivity contribution in [3.63, 3.8) is 0 Å². The van der Waals surface area contributed by atoms with E-state index in [1.54, 1.807) is 54.4 Å². The van der Waals surface area contributed by atoms with Crippen LogP contribution in [0.3, 0.4) is 0 Å². The molecule has 0 atom stereocenters. The lowest BCUT2D eigenvalue weighted by atomic mass is 10.1. The van der Waals surface area contributed by atoms with Crippen LogP contribution in [-0.2, 0) is 4.79 Å². The van der Waals surface area contributed by atoms with E-state index >= 15 is 0 Å². The number of amides is 1. The third-order valence-corrected chi connectivity index (χ3v) is 4.64. The van der Waals surface area contributed by atoms with Crippen LogP contribution in [0.4, 0.5) is 5.69 Å². The molecule has 0 saturated carbocycles. The predicted molar refractivity (Wildman–Crippen MR) is 107 cm³/mol. The molecule has 0 aliphatic carbocycles. The predicted octanol–water partition coefficient (Wildman–Crippen LogP) is 4.05. The number of likely N-dealkylation sites (N-methyl/N-ethyl adjacent to an activating group) is 1. The van der Waals surface area contributed by atoms with E-state index in [0.29, 0.717) is 33.7 Å². The maximum absolute atomic E-state index is 12.9. The summed E-state index contributed by atoms with van der Waals surface area (Å²) < 4.78 is 5.42. The molecule has 1 fully saturated rings. The first-order valence-electron chi connectivity index (χ1n) is 7.97. The Morgan fingerprint density at radius 1 is 1.23 bits per heavy atom. The Kier molecular flexibility index (Phi) is 5.15. The number of hydrogen-bond donors (Lipinski definition) is 1. The van der Waals surface area contributed by atoms with E-state index in [-0.39, 0.29) is 11.7 Å². The number of ether oxygens (including phenoxy) is 1. The summed E-state index contributed by atoms with van der Waals surface area (Å²) >= 11 is 11.4. The van der Waals surface area contributed by atoms with Gasteiger partial charge in [0.25, 0.3) is 5.91 Å². The monoisotopic (exact) mass is 388 g/mol. The zero-order valence-electron chi connectivity index (χ0n) is 14.3. The van der Waals surface area contributed by atoms with E-state index in [4.69, 9.17) is 28.6 Å². The van der Waals surface area contributed by atoms with Crippen molar-refractivity contribution in [2.75, 3.05) is 18.6 Å². The number of phenolic OH excluding ortho intramolecular Hbond substituents is 1. The van der Waals surface area contributed by atoms with Gasteiger partial charge in [0.1, 0.15) is 17.2 Å². The summed E-state index contributed by atoms with van der Waals surface area (Å²) in [5, 5.41) is 10.8. The number of rotatable bonds is 4. The number of benzene rings is 2. The van der Waals surface area contributed by atoms with Crippen molar-refractivity contribution >= 4 is 46.6 Å². The normalized spacial score (nSPS) is 15.9. The maximum Gasteiger partial charge on any atom is 0.281 e. The van der Waals surface area contributed by atoms with Crippen molar-refractivity contribution in [1.82, 2.24) is 4.90 Å². The molecule has 0 bridgehead atoms. The maximum atomic E-state index is 12.9. The third-order valence-electron chi connectivity index (χ3n) is 3.95. The molecule has 1 saturated heterocycles. The lowest BCUT2D eigenvalue weighted by Crippen LogP contribution is -2.31. The van der Waals surface area contributed by atoms with E-state index in [9.17, 15) is 9.90 Å². The average Bonchev–Trinajstić information content (AvgIpc) is 2.83. The zero-order valence-corrected chi connectivity index (χ0v) is 15.8. The largest absolute Gasteiger partial charge is 0.507 e. The minimum absolute atomic E-state index is 0.0357. The highest BCUT2D eigenvalue weighted by molar-refractivity contribution is 7.80. The molecule has 1 amide bonds. The van der Waals surface area contributed by atoms with Gasteiger partial charge < -0.3 is 14.7 Å². The summed E-state index contributed by atoms with van der Waals surface area (Å²) in [5.74, 6) is 0.483. The second-order valence-electron chi connectivity index (χ2n) is 5.64. The van der Waals surface area contributed by atoms with Crippen LogP contribution in [0.15, 0.2) is 48.2 Å². The molecule has 3 rings (SSSR count). The van der Waals surface area contributed by atoms with Gasteiger partial charge in [-0.3, -0.25) is 9.69 Å². The van der Waals surface area contributed by atoms with Crippen LogP contribution in [0.2, 0.25) is 5.02 Å². The highest BCUT2D eigenvalue weighted by Gasteiger charge is 2.36. The molecule has 1 aliphatic rings. The Labute approximate surface area is 162 Å². The molecule has 7 heteroatoms. The van der Waals surface area contributed by atoms with Crippen molar-refractivity contribution in [1.29, 1.82) is 0 Å². The molecular weight excluding hydrogens is 372 g/mol. The van der Waals surface area contributed by atoms with Gasteiger partial charge in [0, 0.05) is 17.6 Å². The molecular formula is C19H17ClN2O3S. The number of halogens is 1. The fraction of sp³-hybridized carbons (Fsp3) is 0.158. The Bertz CT molecular complexity index is 896. The van der Waals surface area contributed by atoms with Crippen molar-refractivity contribution in [2.24, 2.45) is 0 Å². The first-order valence-corrected chi connectivity index (χ1v) is 8.76. The molecule has 1 N–H and O–H groups in total. The highest BCUT2D eigenvalue weighted by Crippen LogP contribution is 2.31. The van der Waals surface area contributed by atoms with Gasteiger partial charge in [-0.05, 0) is 67.7 Å². The van der Waals surface area contributed by atoms with Gasteiger partial charge >= 0.3 is 0 Å². The zero-order chi connectivity index (χ0) is 18.8. The van der Waals surface area contributed by atoms with E-state index in [2.05, 4.69) is 0 Å². The molecule has 0 radical (unpaired) electrons. The molecule has 2 aromatic carbocycles. The molecule has 26 heavy (non-hydrogen) atoms. The Balaban J connectivity index is 1.96. The number of carbonyl (C=O) groups is 1. The van der Waals surface area contributed by atoms with E-state index in [1.807, 2.05) is 6.92 Å². The van der Waals surface area contributed by atoms with Gasteiger partial charge in [-0.2, -0.15) is 0 Å². The van der Waals surface area contributed by atoms with E-state index < -0.39 is 0 Å². The van der Waals surface area contributed by atoms with Crippen LogP contribution >= 0.6 is 23.8 Å². The number of anilines is 1. The fourth-order valence-corrected chi connectivity index (χ4v) is 3.10. The minimum Gasteiger partial charge on any atom is -0.507 e. The molecule has 0 aromatic heterocycles. The van der Waals surface area contributed by atoms with Crippen molar-refractivity contribution in [3.05, 3.63) is 58.7 Å². The van der Waals surface area contributed by atoms with Gasteiger partial charge in [0.2, 0.25) is 0 Å². The fourth-order valence-electron chi connectivity index (χ4n) is 2.63. The lowest BCUT2D eigenvalue weighted by Gasteiger charge is -2.16. The van der Waals surface area contributed by atoms with Crippen LogP contribution in [0.5, 0.6) is 11.5 Å². The smallest absolute Gasteiger partial charge is 0.281 e. The summed E-state index contributed by atoms with van der Waals surface area (Å²) in [6.07, 6.45) is 1.57. The van der Waals surface area contributed by atoms with Crippen LogP contribution in [0, 0.1) is 0 Å². The Hall–Kier alpha value is -2.57. The van der Waals surface area contributed by atoms with Crippen LogP contribution < -0.4 is 9.64 Å². The van der Waals surface area contributed by atoms with Gasteiger partial charge in [0.05, 0.1) is 12.3 Å². The van der Waals surface area contributed by atoms with Gasteiger partial charge in [-0.15, -0.1) is 0 Å². The van der Waals surface area contributed by atoms with Gasteiger partial charge in [-0.25, -0.2) is 0 Å². The van der Waals surface area contributed by atoms with E-state index in [1.165, 1.54) is 11.0 Å². The quantitative estimate of drug-likeness (QED) is 0.632. The number of phenols is 1. The molecule has 1 aliphatic heterocycles. The second-order valence-corrected chi connectivity index (χ2v) is 6.44. The number of aromatic hydroxyl groups is 1. The van der Waals surface area contributed by atoms with Gasteiger partial charge in [0.15, 0.2) is 5.11 Å². The summed E-state index contributed by atoms with van der Waals surface area (Å²) in [6, 6.07) is 11.8. The van der Waals surface area contributed by atoms with E-state index in [0.717, 1.165) is 5.75 Å². The van der Waals surface area contributed by atoms with Crippen LogP contribution in [-0.4, -0.2) is 34.7 Å². The van der Waals surface area contributed by atoms with Crippen molar-refractivity contribution in [3.8, 4) is 11.5 Å². The Morgan fingerprint density at radius 2 is 1.92 bits per heavy atom. The highest BCUT2D eigenvalue weighted by atomic mass is 35.5. The number of thiocarbonyl (C=S) groups is 1. The van der Waals surface area contributed by atoms with Gasteiger partial charge in [-0.1, -0.05) is 11.6 Å². The summed E-state index contributed by atoms with van der Waals surface area (Å²) in [4.78, 5) is 16.0. The molecule has 2 aromatic rings. The number of hydrogen-bond acceptors (Lipinski definition) is 4. The molecule has 0 unspecified atom stereocenters. The second kappa shape index (κ2) is 7.35. The average molecular weight is 389 g/mol. The molecule has 134 valence electrons. The molecule has 0 spiro atoms. The molecule has 5 nitrogen and oxygen atoms in total. The molecule has 1 heterocycles. The third kappa shape index (κ3) is 3.38. The van der Waals surface area contributed by atoms with Crippen LogP contribution in [0.25, 0.3) is 6.08 Å². The first-order chi connectivity index (χ1) is 12.4. The lowest BCUT2D eigenvalue weighted by molar-refractivity contribution is -0.114. The topological polar surface area (TPSA) is 53.0 Å². The first kappa shape index (κ1) is 18.2. The SMILES string of the molecule is CCOc1ccc(N2C(=O)/C(=C/c3cc(Cl)ccc3O)N(C)C2=S)cc1. The summed E-state index contributed by atoms with van der Waals surface area (Å²) in [5.41, 5.74) is 1.44.